The first-order valence-electron chi connectivity index (χ1n) is 6.39. The summed E-state index contributed by atoms with van der Waals surface area (Å²) in [7, 11) is 0. The van der Waals surface area contributed by atoms with Gasteiger partial charge < -0.3 is 5.11 Å². The van der Waals surface area contributed by atoms with Crippen LogP contribution in [0.25, 0.3) is 0 Å². The van der Waals surface area contributed by atoms with E-state index in [1.807, 2.05) is 0 Å². The average Bonchev–Trinajstić information content (AvgIpc) is 2.79. The summed E-state index contributed by atoms with van der Waals surface area (Å²) in [6.07, 6.45) is -5.84. The van der Waals surface area contributed by atoms with E-state index in [2.05, 4.69) is 5.10 Å². The molecule has 1 aromatic heterocycles. The minimum absolute atomic E-state index is 0.173. The first-order chi connectivity index (χ1) is 10.9. The van der Waals surface area contributed by atoms with E-state index in [0.717, 1.165) is 6.07 Å². The number of aromatic nitrogens is 2. The van der Waals surface area contributed by atoms with E-state index in [0.29, 0.717) is 10.2 Å². The van der Waals surface area contributed by atoms with E-state index in [1.165, 1.54) is 19.1 Å². The van der Waals surface area contributed by atoms with Crippen LogP contribution in [-0.2, 0) is 12.5 Å². The number of aromatic hydroxyl groups is 1. The maximum atomic E-state index is 13.2. The van der Waals surface area contributed by atoms with Gasteiger partial charge in [0.2, 0.25) is 5.88 Å². The SMILES string of the molecule is Cc1cc(Cn2nc(C(F)(F)C(F)(F)F)cc2O)ccc1[N+](=O)[O-]. The predicted molar refractivity (Wildman–Crippen MR) is 70.8 cm³/mol. The zero-order chi connectivity index (χ0) is 18.3. The van der Waals surface area contributed by atoms with Crippen molar-refractivity contribution in [1.82, 2.24) is 9.78 Å². The first-order valence-corrected chi connectivity index (χ1v) is 6.39. The van der Waals surface area contributed by atoms with Crippen LogP contribution in [0.15, 0.2) is 24.3 Å². The number of alkyl halides is 5. The zero-order valence-corrected chi connectivity index (χ0v) is 12.0. The third-order valence-electron chi connectivity index (χ3n) is 3.23. The fraction of sp³-hybridized carbons (Fsp3) is 0.308. The highest BCUT2D eigenvalue weighted by molar-refractivity contribution is 5.42. The quantitative estimate of drug-likeness (QED) is 0.519. The zero-order valence-electron chi connectivity index (χ0n) is 12.0. The largest absolute Gasteiger partial charge is 0.493 e. The lowest BCUT2D eigenvalue weighted by molar-refractivity contribution is -0.385. The Labute approximate surface area is 131 Å². The molecule has 24 heavy (non-hydrogen) atoms. The Kier molecular flexibility index (Phi) is 4.21. The Morgan fingerprint density at radius 3 is 2.38 bits per heavy atom. The van der Waals surface area contributed by atoms with Gasteiger partial charge in [-0.25, -0.2) is 4.68 Å². The number of aryl methyl sites for hydroxylation is 1. The predicted octanol–water partition coefficient (Wildman–Crippen LogP) is 3.51. The van der Waals surface area contributed by atoms with Crippen LogP contribution in [0.3, 0.4) is 0 Å². The third kappa shape index (κ3) is 3.14. The Morgan fingerprint density at radius 2 is 1.88 bits per heavy atom. The molecule has 0 aliphatic rings. The Balaban J connectivity index is 2.32. The fourth-order valence-corrected chi connectivity index (χ4v) is 2.02. The van der Waals surface area contributed by atoms with Gasteiger partial charge in [0.1, 0.15) is 5.69 Å². The van der Waals surface area contributed by atoms with Crippen LogP contribution in [0.2, 0.25) is 0 Å². The molecule has 1 N–H and O–H groups in total. The summed E-state index contributed by atoms with van der Waals surface area (Å²) in [6, 6.07) is 4.02. The van der Waals surface area contributed by atoms with Crippen molar-refractivity contribution in [1.29, 1.82) is 0 Å². The summed E-state index contributed by atoms with van der Waals surface area (Å²) >= 11 is 0. The number of nitrogens with zero attached hydrogens (tertiary/aromatic N) is 3. The number of benzene rings is 1. The molecule has 1 aromatic carbocycles. The van der Waals surface area contributed by atoms with E-state index >= 15 is 0 Å². The van der Waals surface area contributed by atoms with Gasteiger partial charge in [0.15, 0.2) is 0 Å². The molecule has 0 aliphatic heterocycles. The highest BCUT2D eigenvalue weighted by Crippen LogP contribution is 2.43. The summed E-state index contributed by atoms with van der Waals surface area (Å²) in [5.74, 6) is -6.09. The standard InChI is InChI=1S/C13H10F5N3O3/c1-7-4-8(2-3-9(7)21(23)24)6-20-11(22)5-10(19-20)12(14,15)13(16,17)18/h2-5,22H,6H2,1H3. The number of nitro groups is 1. The van der Waals surface area contributed by atoms with Crippen LogP contribution in [0.4, 0.5) is 27.6 Å². The summed E-state index contributed by atoms with van der Waals surface area (Å²) in [5.41, 5.74) is -1.21. The lowest BCUT2D eigenvalue weighted by Crippen LogP contribution is -2.34. The Bertz CT molecular complexity index is 786. The highest BCUT2D eigenvalue weighted by atomic mass is 19.4. The second kappa shape index (κ2) is 5.73. The molecule has 6 nitrogen and oxygen atoms in total. The number of hydrogen-bond donors (Lipinski definition) is 1. The molecule has 0 fully saturated rings. The van der Waals surface area contributed by atoms with Gasteiger partial charge in [-0.15, -0.1) is 0 Å². The van der Waals surface area contributed by atoms with Crippen LogP contribution >= 0.6 is 0 Å². The van der Waals surface area contributed by atoms with Crippen LogP contribution in [0, 0.1) is 17.0 Å². The maximum Gasteiger partial charge on any atom is 0.459 e. The summed E-state index contributed by atoms with van der Waals surface area (Å²) in [5, 5.41) is 23.3. The van der Waals surface area contributed by atoms with Crippen molar-refractivity contribution in [3.8, 4) is 5.88 Å². The summed E-state index contributed by atoms with van der Waals surface area (Å²) in [4.78, 5) is 10.1. The van der Waals surface area contributed by atoms with Gasteiger partial charge in [0.25, 0.3) is 5.69 Å². The highest BCUT2D eigenvalue weighted by Gasteiger charge is 2.60. The van der Waals surface area contributed by atoms with Crippen LogP contribution in [-0.4, -0.2) is 26.0 Å². The first kappa shape index (κ1) is 17.6. The minimum Gasteiger partial charge on any atom is -0.493 e. The number of halogens is 5. The van der Waals surface area contributed by atoms with Crippen LogP contribution in [0.1, 0.15) is 16.8 Å². The average molecular weight is 351 g/mol. The molecule has 2 rings (SSSR count). The topological polar surface area (TPSA) is 81.2 Å². The van der Waals surface area contributed by atoms with E-state index in [9.17, 15) is 37.2 Å². The van der Waals surface area contributed by atoms with Crippen molar-refractivity contribution in [3.05, 3.63) is 51.2 Å². The van der Waals surface area contributed by atoms with Gasteiger partial charge in [-0.3, -0.25) is 10.1 Å². The van der Waals surface area contributed by atoms with Gasteiger partial charge in [-0.2, -0.15) is 27.1 Å². The lowest BCUT2D eigenvalue weighted by Gasteiger charge is -2.16. The number of rotatable bonds is 4. The van der Waals surface area contributed by atoms with Crippen molar-refractivity contribution >= 4 is 5.69 Å². The fourth-order valence-electron chi connectivity index (χ4n) is 2.02. The molecule has 0 bridgehead atoms. The molecular formula is C13H10F5N3O3. The van der Waals surface area contributed by atoms with Crippen molar-refractivity contribution in [2.45, 2.75) is 25.6 Å². The third-order valence-corrected chi connectivity index (χ3v) is 3.23. The Hall–Kier alpha value is -2.72. The molecule has 0 spiro atoms. The smallest absolute Gasteiger partial charge is 0.459 e. The molecule has 2 aromatic rings. The molecule has 1 heterocycles. The van der Waals surface area contributed by atoms with Gasteiger partial charge >= 0.3 is 12.1 Å². The number of nitro benzene ring substituents is 1. The van der Waals surface area contributed by atoms with Gasteiger partial charge in [-0.05, 0) is 18.6 Å². The van der Waals surface area contributed by atoms with E-state index in [1.54, 1.807) is 0 Å². The normalized spacial score (nSPS) is 12.4. The van der Waals surface area contributed by atoms with Gasteiger partial charge in [0, 0.05) is 17.7 Å². The Morgan fingerprint density at radius 1 is 1.25 bits per heavy atom. The summed E-state index contributed by atoms with van der Waals surface area (Å²) in [6.45, 7) is 1.10. The molecule has 0 atom stereocenters. The van der Waals surface area contributed by atoms with Crippen molar-refractivity contribution in [2.24, 2.45) is 0 Å². The lowest BCUT2D eigenvalue weighted by atomic mass is 10.1. The van der Waals surface area contributed by atoms with Crippen LogP contribution < -0.4 is 0 Å². The molecule has 0 radical (unpaired) electrons. The van der Waals surface area contributed by atoms with Crippen molar-refractivity contribution in [2.75, 3.05) is 0 Å². The molecule has 0 amide bonds. The van der Waals surface area contributed by atoms with E-state index < -0.39 is 28.6 Å². The van der Waals surface area contributed by atoms with Crippen molar-refractivity contribution in [3.63, 3.8) is 0 Å². The molecule has 0 saturated carbocycles. The monoisotopic (exact) mass is 351 g/mol. The molecule has 0 aliphatic carbocycles. The maximum absolute atomic E-state index is 13.2. The molecule has 11 heteroatoms. The van der Waals surface area contributed by atoms with E-state index in [4.69, 9.17) is 0 Å². The second-order valence-electron chi connectivity index (χ2n) is 5.00. The molecule has 0 saturated heterocycles. The molecule has 0 unspecified atom stereocenters. The van der Waals surface area contributed by atoms with Crippen LogP contribution in [0.5, 0.6) is 5.88 Å². The van der Waals surface area contributed by atoms with Gasteiger partial charge in [-0.1, -0.05) is 6.07 Å². The second-order valence-corrected chi connectivity index (χ2v) is 5.00. The molecular weight excluding hydrogens is 341 g/mol. The van der Waals surface area contributed by atoms with E-state index in [-0.39, 0.29) is 23.9 Å². The summed E-state index contributed by atoms with van der Waals surface area (Å²) < 4.78 is 63.9. The number of hydrogen-bond acceptors (Lipinski definition) is 4. The minimum atomic E-state index is -5.84. The van der Waals surface area contributed by atoms with Gasteiger partial charge in [0.05, 0.1) is 11.5 Å². The van der Waals surface area contributed by atoms with Crippen molar-refractivity contribution < 1.29 is 32.0 Å². The molecule has 130 valence electrons.